The van der Waals surface area contributed by atoms with Gasteiger partial charge in [-0.15, -0.1) is 0 Å². The topological polar surface area (TPSA) is 12.0 Å². The lowest BCUT2D eigenvalue weighted by molar-refractivity contribution is 0.359. The minimum atomic E-state index is -0.211. The van der Waals surface area contributed by atoms with Gasteiger partial charge in [0, 0.05) is 16.6 Å². The zero-order chi connectivity index (χ0) is 14.3. The lowest BCUT2D eigenvalue weighted by atomic mass is 9.89. The number of hydrogen-bond donors (Lipinski definition) is 1. The summed E-state index contributed by atoms with van der Waals surface area (Å²) >= 11 is 5.81. The van der Waals surface area contributed by atoms with Gasteiger partial charge in [-0.25, -0.2) is 4.39 Å². The van der Waals surface area contributed by atoms with Gasteiger partial charge in [0.2, 0.25) is 0 Å². The van der Waals surface area contributed by atoms with Gasteiger partial charge in [-0.05, 0) is 31.5 Å². The third kappa shape index (κ3) is 5.12. The molecule has 0 saturated carbocycles. The van der Waals surface area contributed by atoms with Crippen LogP contribution in [-0.4, -0.2) is 7.05 Å². The Bertz CT molecular complexity index is 381. The molecule has 0 saturated heterocycles. The van der Waals surface area contributed by atoms with E-state index < -0.39 is 0 Å². The first-order valence-corrected chi connectivity index (χ1v) is 7.62. The maximum atomic E-state index is 14.0. The molecular weight excluding hydrogens is 261 g/mol. The fourth-order valence-electron chi connectivity index (χ4n) is 2.50. The molecule has 0 radical (unpaired) electrons. The number of rotatable bonds is 8. The van der Waals surface area contributed by atoms with Crippen LogP contribution in [0.4, 0.5) is 4.39 Å². The zero-order valence-electron chi connectivity index (χ0n) is 12.2. The molecule has 1 aromatic rings. The fraction of sp³-hybridized carbons (Fsp3) is 0.625. The first-order chi connectivity index (χ1) is 9.12. The second-order valence-electron chi connectivity index (χ2n) is 5.16. The number of benzene rings is 1. The summed E-state index contributed by atoms with van der Waals surface area (Å²) in [6.45, 7) is 4.42. The second-order valence-corrected chi connectivity index (χ2v) is 5.60. The predicted molar refractivity (Wildman–Crippen MR) is 81.1 cm³/mol. The van der Waals surface area contributed by atoms with E-state index in [1.54, 1.807) is 12.1 Å². The Morgan fingerprint density at radius 3 is 2.58 bits per heavy atom. The number of unbranched alkanes of at least 4 members (excludes halogenated alkanes) is 1. The number of hydrogen-bond acceptors (Lipinski definition) is 1. The fourth-order valence-corrected chi connectivity index (χ4v) is 2.66. The molecule has 2 unspecified atom stereocenters. The lowest BCUT2D eigenvalue weighted by Gasteiger charge is -2.23. The zero-order valence-corrected chi connectivity index (χ0v) is 12.9. The highest BCUT2D eigenvalue weighted by molar-refractivity contribution is 6.30. The van der Waals surface area contributed by atoms with E-state index in [1.807, 2.05) is 7.05 Å². The summed E-state index contributed by atoms with van der Waals surface area (Å²) in [7, 11) is 1.89. The van der Waals surface area contributed by atoms with Gasteiger partial charge < -0.3 is 5.32 Å². The Morgan fingerprint density at radius 2 is 2.05 bits per heavy atom. The smallest absolute Gasteiger partial charge is 0.129 e. The van der Waals surface area contributed by atoms with Gasteiger partial charge in [-0.3, -0.25) is 0 Å². The molecular formula is C16H25ClFN. The molecule has 1 nitrogen and oxygen atoms in total. The summed E-state index contributed by atoms with van der Waals surface area (Å²) in [5.41, 5.74) is 0.724. The van der Waals surface area contributed by atoms with Crippen LogP contribution < -0.4 is 5.32 Å². The van der Waals surface area contributed by atoms with Crippen molar-refractivity contribution in [3.05, 3.63) is 34.6 Å². The van der Waals surface area contributed by atoms with E-state index in [-0.39, 0.29) is 11.9 Å². The Labute approximate surface area is 121 Å². The van der Waals surface area contributed by atoms with Crippen molar-refractivity contribution in [3.63, 3.8) is 0 Å². The van der Waals surface area contributed by atoms with Gasteiger partial charge >= 0.3 is 0 Å². The van der Waals surface area contributed by atoms with Gasteiger partial charge in [0.25, 0.3) is 0 Å². The molecule has 1 aromatic carbocycles. The normalized spacial score (nSPS) is 14.4. The SMILES string of the molecule is CCCCC(CC)CC(NC)c1ccc(Cl)cc1F. The Hall–Kier alpha value is -0.600. The summed E-state index contributed by atoms with van der Waals surface area (Å²) in [4.78, 5) is 0. The Balaban J connectivity index is 2.76. The van der Waals surface area contributed by atoms with E-state index in [9.17, 15) is 4.39 Å². The molecule has 0 aliphatic carbocycles. The van der Waals surface area contributed by atoms with E-state index in [4.69, 9.17) is 11.6 Å². The maximum absolute atomic E-state index is 14.0. The molecule has 0 fully saturated rings. The van der Waals surface area contributed by atoms with Gasteiger partial charge in [-0.2, -0.15) is 0 Å². The molecule has 3 heteroatoms. The minimum absolute atomic E-state index is 0.0686. The van der Waals surface area contributed by atoms with Crippen LogP contribution in [0.3, 0.4) is 0 Å². The summed E-state index contributed by atoms with van der Waals surface area (Å²) in [6.07, 6.45) is 5.81. The van der Waals surface area contributed by atoms with Crippen molar-refractivity contribution in [3.8, 4) is 0 Å². The first-order valence-electron chi connectivity index (χ1n) is 7.24. The lowest BCUT2D eigenvalue weighted by Crippen LogP contribution is -2.21. The van der Waals surface area contributed by atoms with Crippen molar-refractivity contribution in [2.45, 2.75) is 52.0 Å². The van der Waals surface area contributed by atoms with Gasteiger partial charge in [0.15, 0.2) is 0 Å². The first kappa shape index (κ1) is 16.5. The van der Waals surface area contributed by atoms with E-state index in [1.165, 1.54) is 25.3 Å². The average molecular weight is 286 g/mol. The standard InChI is InChI=1S/C16H25ClFN/c1-4-6-7-12(5-2)10-16(19-3)14-9-8-13(17)11-15(14)18/h8-9,11-12,16,19H,4-7,10H2,1-3H3. The molecule has 108 valence electrons. The third-order valence-corrected chi connectivity index (χ3v) is 4.03. The van der Waals surface area contributed by atoms with E-state index in [0.29, 0.717) is 10.9 Å². The van der Waals surface area contributed by atoms with Crippen molar-refractivity contribution in [1.29, 1.82) is 0 Å². The second kappa shape index (κ2) is 8.55. The largest absolute Gasteiger partial charge is 0.313 e. The van der Waals surface area contributed by atoms with Crippen LogP contribution in [-0.2, 0) is 0 Å². The van der Waals surface area contributed by atoms with Crippen molar-refractivity contribution in [2.75, 3.05) is 7.05 Å². The molecule has 0 aromatic heterocycles. The molecule has 0 bridgehead atoms. The van der Waals surface area contributed by atoms with Crippen molar-refractivity contribution in [1.82, 2.24) is 5.32 Å². The Kier molecular flexibility index (Phi) is 7.40. The molecule has 1 N–H and O–H groups in total. The van der Waals surface area contributed by atoms with Gasteiger partial charge in [-0.1, -0.05) is 57.2 Å². The summed E-state index contributed by atoms with van der Waals surface area (Å²) < 4.78 is 14.0. The van der Waals surface area contributed by atoms with Crippen LogP contribution in [0.5, 0.6) is 0 Å². The monoisotopic (exact) mass is 285 g/mol. The summed E-state index contributed by atoms with van der Waals surface area (Å²) in [6, 6.07) is 5.02. The molecule has 0 spiro atoms. The van der Waals surface area contributed by atoms with E-state index >= 15 is 0 Å². The van der Waals surface area contributed by atoms with Crippen LogP contribution in [0.2, 0.25) is 5.02 Å². The molecule has 0 aliphatic rings. The van der Waals surface area contributed by atoms with Crippen LogP contribution in [0, 0.1) is 11.7 Å². The van der Waals surface area contributed by atoms with Gasteiger partial charge in [0.05, 0.1) is 0 Å². The molecule has 0 amide bonds. The maximum Gasteiger partial charge on any atom is 0.129 e. The average Bonchev–Trinajstić information content (AvgIpc) is 2.40. The highest BCUT2D eigenvalue weighted by Gasteiger charge is 2.18. The van der Waals surface area contributed by atoms with E-state index in [0.717, 1.165) is 18.4 Å². The molecule has 0 aliphatic heterocycles. The highest BCUT2D eigenvalue weighted by atomic mass is 35.5. The van der Waals surface area contributed by atoms with Gasteiger partial charge in [0.1, 0.15) is 5.82 Å². The summed E-state index contributed by atoms with van der Waals surface area (Å²) in [5, 5.41) is 3.69. The van der Waals surface area contributed by atoms with Crippen molar-refractivity contribution >= 4 is 11.6 Å². The highest BCUT2D eigenvalue weighted by Crippen LogP contribution is 2.29. The van der Waals surface area contributed by atoms with Crippen LogP contribution in [0.25, 0.3) is 0 Å². The van der Waals surface area contributed by atoms with Crippen LogP contribution in [0.1, 0.15) is 57.6 Å². The van der Waals surface area contributed by atoms with Crippen molar-refractivity contribution in [2.24, 2.45) is 5.92 Å². The number of halogens is 2. The van der Waals surface area contributed by atoms with E-state index in [2.05, 4.69) is 19.2 Å². The molecule has 0 heterocycles. The minimum Gasteiger partial charge on any atom is -0.313 e. The molecule has 19 heavy (non-hydrogen) atoms. The van der Waals surface area contributed by atoms with Crippen molar-refractivity contribution < 1.29 is 4.39 Å². The third-order valence-electron chi connectivity index (χ3n) is 3.80. The van der Waals surface area contributed by atoms with Crippen LogP contribution >= 0.6 is 11.6 Å². The number of nitrogens with one attached hydrogen (secondary N) is 1. The predicted octanol–water partition coefficient (Wildman–Crippen LogP) is 5.35. The molecule has 2 atom stereocenters. The van der Waals surface area contributed by atoms with Crippen LogP contribution in [0.15, 0.2) is 18.2 Å². The summed E-state index contributed by atoms with van der Waals surface area (Å²) in [5.74, 6) is 0.435. The Morgan fingerprint density at radius 1 is 1.32 bits per heavy atom. The quantitative estimate of drug-likeness (QED) is 0.679. The molecule has 1 rings (SSSR count).